The summed E-state index contributed by atoms with van der Waals surface area (Å²) in [7, 11) is 0. The van der Waals surface area contributed by atoms with Gasteiger partial charge in [-0.2, -0.15) is 0 Å². The lowest BCUT2D eigenvalue weighted by atomic mass is 10.00. The summed E-state index contributed by atoms with van der Waals surface area (Å²) in [6, 6.07) is 7.07. The average molecular weight is 276 g/mol. The van der Waals surface area contributed by atoms with Crippen LogP contribution >= 0.6 is 0 Å². The van der Waals surface area contributed by atoms with Crippen molar-refractivity contribution in [2.75, 3.05) is 13.2 Å². The van der Waals surface area contributed by atoms with E-state index in [0.29, 0.717) is 31.6 Å². The minimum atomic E-state index is -0.735. The normalized spacial score (nSPS) is 24.6. The van der Waals surface area contributed by atoms with Crippen LogP contribution in [0.5, 0.6) is 0 Å². The van der Waals surface area contributed by atoms with Crippen LogP contribution in [0.2, 0.25) is 0 Å². The first-order valence-corrected chi connectivity index (χ1v) is 6.71. The zero-order chi connectivity index (χ0) is 14.2. The van der Waals surface area contributed by atoms with E-state index in [-0.39, 0.29) is 11.8 Å². The average Bonchev–Trinajstić information content (AvgIpc) is 3.08. The summed E-state index contributed by atoms with van der Waals surface area (Å²) in [5.41, 5.74) is 1.41. The van der Waals surface area contributed by atoms with Gasteiger partial charge in [-0.15, -0.1) is 0 Å². The molecule has 1 aromatic rings. The third kappa shape index (κ3) is 2.34. The van der Waals surface area contributed by atoms with E-state index in [4.69, 9.17) is 14.2 Å². The van der Waals surface area contributed by atoms with Crippen molar-refractivity contribution in [3.8, 4) is 0 Å². The van der Waals surface area contributed by atoms with Gasteiger partial charge in [-0.05, 0) is 6.92 Å². The number of ether oxygens (including phenoxy) is 3. The van der Waals surface area contributed by atoms with Gasteiger partial charge in [-0.3, -0.25) is 9.59 Å². The maximum atomic E-state index is 12.2. The Balaban J connectivity index is 1.76. The van der Waals surface area contributed by atoms with Gasteiger partial charge in [0.25, 0.3) is 0 Å². The summed E-state index contributed by atoms with van der Waals surface area (Å²) >= 11 is 0. The molecule has 5 heteroatoms. The second-order valence-electron chi connectivity index (χ2n) is 5.10. The van der Waals surface area contributed by atoms with Crippen LogP contribution < -0.4 is 0 Å². The number of cyclic esters (lactones) is 1. The molecular weight excluding hydrogens is 260 g/mol. The van der Waals surface area contributed by atoms with E-state index in [0.717, 1.165) is 5.56 Å². The van der Waals surface area contributed by atoms with Gasteiger partial charge in [-0.1, -0.05) is 24.3 Å². The molecule has 0 amide bonds. The van der Waals surface area contributed by atoms with Crippen molar-refractivity contribution in [1.29, 1.82) is 0 Å². The Kier molecular flexibility index (Phi) is 3.31. The Bertz CT molecular complexity index is 528. The van der Waals surface area contributed by atoms with E-state index in [1.165, 1.54) is 0 Å². The van der Waals surface area contributed by atoms with Gasteiger partial charge >= 0.3 is 5.97 Å². The first kappa shape index (κ1) is 13.3. The quantitative estimate of drug-likeness (QED) is 0.622. The molecular formula is C15H16O5. The minimum Gasteiger partial charge on any atom is -0.454 e. The standard InChI is InChI=1S/C15H16O5/c1-15(18-8-9-19-15)11-4-2-10(3-5-11)14(17)12-6-7-13(16)20-12/h2-5,12H,6-9H2,1H3. The zero-order valence-corrected chi connectivity index (χ0v) is 11.3. The van der Waals surface area contributed by atoms with E-state index < -0.39 is 11.9 Å². The molecule has 20 heavy (non-hydrogen) atoms. The van der Waals surface area contributed by atoms with E-state index >= 15 is 0 Å². The Morgan fingerprint density at radius 3 is 2.40 bits per heavy atom. The van der Waals surface area contributed by atoms with Gasteiger partial charge in [0.2, 0.25) is 5.78 Å². The highest BCUT2D eigenvalue weighted by Gasteiger charge is 2.34. The monoisotopic (exact) mass is 276 g/mol. The highest BCUT2D eigenvalue weighted by molar-refractivity contribution is 6.01. The molecule has 0 spiro atoms. The van der Waals surface area contributed by atoms with Crippen molar-refractivity contribution < 1.29 is 23.8 Å². The molecule has 106 valence electrons. The van der Waals surface area contributed by atoms with Crippen molar-refractivity contribution in [1.82, 2.24) is 0 Å². The van der Waals surface area contributed by atoms with E-state index in [1.54, 1.807) is 12.1 Å². The Hall–Kier alpha value is -1.72. The molecule has 0 radical (unpaired) electrons. The molecule has 1 atom stereocenters. The number of carbonyl (C=O) groups is 2. The number of hydrogen-bond donors (Lipinski definition) is 0. The first-order valence-electron chi connectivity index (χ1n) is 6.71. The van der Waals surface area contributed by atoms with Crippen LogP contribution in [0.25, 0.3) is 0 Å². The molecule has 0 aromatic heterocycles. The summed E-state index contributed by atoms with van der Waals surface area (Å²) in [5.74, 6) is -1.19. The van der Waals surface area contributed by atoms with E-state index in [9.17, 15) is 9.59 Å². The fourth-order valence-electron chi connectivity index (χ4n) is 2.51. The van der Waals surface area contributed by atoms with Crippen molar-refractivity contribution in [2.24, 2.45) is 0 Å². The molecule has 2 fully saturated rings. The van der Waals surface area contributed by atoms with Gasteiger partial charge in [0.05, 0.1) is 13.2 Å². The fourth-order valence-corrected chi connectivity index (χ4v) is 2.51. The minimum absolute atomic E-state index is 0.152. The van der Waals surface area contributed by atoms with Gasteiger partial charge in [0.15, 0.2) is 11.9 Å². The van der Waals surface area contributed by atoms with Crippen molar-refractivity contribution in [3.63, 3.8) is 0 Å². The maximum Gasteiger partial charge on any atom is 0.306 e. The number of ketones is 1. The van der Waals surface area contributed by atoms with Crippen LogP contribution in [-0.2, 0) is 24.8 Å². The molecule has 5 nitrogen and oxygen atoms in total. The molecule has 2 aliphatic heterocycles. The van der Waals surface area contributed by atoms with Gasteiger partial charge in [-0.25, -0.2) is 0 Å². The predicted molar refractivity (Wildman–Crippen MR) is 69.1 cm³/mol. The number of esters is 1. The van der Waals surface area contributed by atoms with Crippen LogP contribution in [0.1, 0.15) is 35.7 Å². The summed E-state index contributed by atoms with van der Waals surface area (Å²) in [6.07, 6.45) is 0.139. The summed E-state index contributed by atoms with van der Waals surface area (Å²) < 4.78 is 16.1. The number of carbonyl (C=O) groups excluding carboxylic acids is 2. The fraction of sp³-hybridized carbons (Fsp3) is 0.467. The second-order valence-corrected chi connectivity index (χ2v) is 5.10. The van der Waals surface area contributed by atoms with E-state index in [1.807, 2.05) is 19.1 Å². The molecule has 1 aromatic carbocycles. The van der Waals surface area contributed by atoms with Crippen molar-refractivity contribution in [3.05, 3.63) is 35.4 Å². The SMILES string of the molecule is CC1(c2ccc(C(=O)C3CCC(=O)O3)cc2)OCCO1. The lowest BCUT2D eigenvalue weighted by Gasteiger charge is -2.22. The van der Waals surface area contributed by atoms with Crippen LogP contribution in [0.4, 0.5) is 0 Å². The van der Waals surface area contributed by atoms with Gasteiger partial charge in [0, 0.05) is 24.0 Å². The molecule has 0 N–H and O–H groups in total. The lowest BCUT2D eigenvalue weighted by Crippen LogP contribution is -2.23. The molecule has 2 aliphatic rings. The van der Waals surface area contributed by atoms with Crippen molar-refractivity contribution in [2.45, 2.75) is 31.7 Å². The number of Topliss-reactive ketones (excluding diaryl/α,β-unsaturated/α-hetero) is 1. The Morgan fingerprint density at radius 1 is 1.20 bits per heavy atom. The van der Waals surface area contributed by atoms with Gasteiger partial charge < -0.3 is 14.2 Å². The van der Waals surface area contributed by atoms with Gasteiger partial charge in [0.1, 0.15) is 0 Å². The van der Waals surface area contributed by atoms with Crippen molar-refractivity contribution >= 4 is 11.8 Å². The second kappa shape index (κ2) is 5.00. The molecule has 0 saturated carbocycles. The van der Waals surface area contributed by atoms with Crippen LogP contribution in [0.15, 0.2) is 24.3 Å². The van der Waals surface area contributed by atoms with Crippen LogP contribution in [0, 0.1) is 0 Å². The third-order valence-electron chi connectivity index (χ3n) is 3.71. The summed E-state index contributed by atoms with van der Waals surface area (Å²) in [6.45, 7) is 2.99. The molecule has 2 saturated heterocycles. The number of benzene rings is 1. The molecule has 0 aliphatic carbocycles. The molecule has 1 unspecified atom stereocenters. The maximum absolute atomic E-state index is 12.2. The summed E-state index contributed by atoms with van der Waals surface area (Å²) in [4.78, 5) is 23.2. The number of hydrogen-bond acceptors (Lipinski definition) is 5. The highest BCUT2D eigenvalue weighted by atomic mass is 16.7. The topological polar surface area (TPSA) is 61.8 Å². The number of rotatable bonds is 3. The van der Waals surface area contributed by atoms with Crippen LogP contribution in [0.3, 0.4) is 0 Å². The highest BCUT2D eigenvalue weighted by Crippen LogP contribution is 2.31. The lowest BCUT2D eigenvalue weighted by molar-refractivity contribution is -0.149. The largest absolute Gasteiger partial charge is 0.454 e. The van der Waals surface area contributed by atoms with Crippen LogP contribution in [-0.4, -0.2) is 31.1 Å². The first-order chi connectivity index (χ1) is 9.58. The van der Waals surface area contributed by atoms with E-state index in [2.05, 4.69) is 0 Å². The molecule has 3 rings (SSSR count). The molecule has 0 bridgehead atoms. The summed E-state index contributed by atoms with van der Waals surface area (Å²) in [5, 5.41) is 0. The Labute approximate surface area is 116 Å². The third-order valence-corrected chi connectivity index (χ3v) is 3.71. The smallest absolute Gasteiger partial charge is 0.306 e. The zero-order valence-electron chi connectivity index (χ0n) is 11.3. The Morgan fingerprint density at radius 2 is 1.85 bits per heavy atom. The molecule has 2 heterocycles. The predicted octanol–water partition coefficient (Wildman–Crippen LogP) is 1.79.